The Hall–Kier alpha value is -2.01. The van der Waals surface area contributed by atoms with Gasteiger partial charge in [0, 0.05) is 16.1 Å². The molecule has 2 rings (SSSR count). The number of rotatable bonds is 2. The first kappa shape index (κ1) is 13.4. The number of carboxylic acid groups (broad SMARTS) is 1. The van der Waals surface area contributed by atoms with Crippen molar-refractivity contribution in [2.45, 2.75) is 0 Å². The molecule has 98 valence electrons. The van der Waals surface area contributed by atoms with E-state index in [9.17, 15) is 18.0 Å². The highest BCUT2D eigenvalue weighted by molar-refractivity contribution is 6.31. The Balaban J connectivity index is 2.75. The maximum atomic E-state index is 13.7. The SMILES string of the molecule is O=C(O)c1ccc(Cl)cc1-c1ccc(F)c(F)c1F. The molecule has 0 saturated heterocycles. The molecule has 2 aromatic rings. The van der Waals surface area contributed by atoms with E-state index in [1.54, 1.807) is 0 Å². The number of halogens is 4. The Morgan fingerprint density at radius 1 is 1.00 bits per heavy atom. The molecular weight excluding hydrogens is 281 g/mol. The summed E-state index contributed by atoms with van der Waals surface area (Å²) in [5, 5.41) is 9.16. The van der Waals surface area contributed by atoms with Gasteiger partial charge in [-0.25, -0.2) is 18.0 Å². The van der Waals surface area contributed by atoms with Crippen LogP contribution in [-0.2, 0) is 0 Å². The third kappa shape index (κ3) is 2.42. The summed E-state index contributed by atoms with van der Waals surface area (Å²) in [6.07, 6.45) is 0. The number of carbonyl (C=O) groups is 1. The van der Waals surface area contributed by atoms with Crippen LogP contribution >= 0.6 is 11.6 Å². The van der Waals surface area contributed by atoms with Crippen LogP contribution in [0.5, 0.6) is 0 Å². The molecule has 0 spiro atoms. The zero-order valence-corrected chi connectivity index (χ0v) is 10.0. The minimum Gasteiger partial charge on any atom is -0.478 e. The molecule has 0 aliphatic carbocycles. The maximum absolute atomic E-state index is 13.7. The lowest BCUT2D eigenvalue weighted by molar-refractivity contribution is 0.0697. The topological polar surface area (TPSA) is 37.3 Å². The van der Waals surface area contributed by atoms with Crippen molar-refractivity contribution in [3.8, 4) is 11.1 Å². The smallest absolute Gasteiger partial charge is 0.336 e. The summed E-state index contributed by atoms with van der Waals surface area (Å²) in [6, 6.07) is 5.35. The second-order valence-electron chi connectivity index (χ2n) is 3.72. The standard InChI is InChI=1S/C13H6ClF3O2/c14-6-1-2-8(13(18)19)9(5-6)7-3-4-10(15)12(17)11(7)16/h1-5H,(H,18,19). The molecular formula is C13H6ClF3O2. The number of aromatic carboxylic acids is 1. The van der Waals surface area contributed by atoms with Crippen molar-refractivity contribution in [1.29, 1.82) is 0 Å². The van der Waals surface area contributed by atoms with Crippen molar-refractivity contribution in [3.63, 3.8) is 0 Å². The number of benzene rings is 2. The molecule has 19 heavy (non-hydrogen) atoms. The lowest BCUT2D eigenvalue weighted by atomic mass is 9.99. The molecule has 1 N–H and O–H groups in total. The Labute approximate surface area is 111 Å². The maximum Gasteiger partial charge on any atom is 0.336 e. The monoisotopic (exact) mass is 286 g/mol. The van der Waals surface area contributed by atoms with E-state index in [2.05, 4.69) is 0 Å². The zero-order chi connectivity index (χ0) is 14.2. The third-order valence-electron chi connectivity index (χ3n) is 2.54. The number of hydrogen-bond donors (Lipinski definition) is 1. The van der Waals surface area contributed by atoms with Crippen LogP contribution in [0.25, 0.3) is 11.1 Å². The van der Waals surface area contributed by atoms with Gasteiger partial charge in [-0.3, -0.25) is 0 Å². The van der Waals surface area contributed by atoms with Crippen LogP contribution in [0.15, 0.2) is 30.3 Å². The summed E-state index contributed by atoms with van der Waals surface area (Å²) >= 11 is 5.71. The van der Waals surface area contributed by atoms with E-state index < -0.39 is 23.4 Å². The predicted octanol–water partition coefficient (Wildman–Crippen LogP) is 4.12. The first-order valence-corrected chi connectivity index (χ1v) is 5.46. The number of hydrogen-bond acceptors (Lipinski definition) is 1. The normalized spacial score (nSPS) is 10.5. The van der Waals surface area contributed by atoms with E-state index >= 15 is 0 Å². The van der Waals surface area contributed by atoms with Gasteiger partial charge in [-0.2, -0.15) is 0 Å². The van der Waals surface area contributed by atoms with Crippen LogP contribution in [0.1, 0.15) is 10.4 Å². The van der Waals surface area contributed by atoms with Crippen molar-refractivity contribution in [1.82, 2.24) is 0 Å². The van der Waals surface area contributed by atoms with Crippen LogP contribution in [0.2, 0.25) is 5.02 Å². The molecule has 0 bridgehead atoms. The van der Waals surface area contributed by atoms with Crippen LogP contribution in [0.3, 0.4) is 0 Å². The van der Waals surface area contributed by atoms with Gasteiger partial charge in [0.2, 0.25) is 0 Å². The molecule has 0 heterocycles. The first-order chi connectivity index (χ1) is 8.91. The van der Waals surface area contributed by atoms with E-state index in [0.29, 0.717) is 0 Å². The molecule has 0 saturated carbocycles. The van der Waals surface area contributed by atoms with Gasteiger partial charge < -0.3 is 5.11 Å². The third-order valence-corrected chi connectivity index (χ3v) is 2.77. The largest absolute Gasteiger partial charge is 0.478 e. The minimum atomic E-state index is -1.66. The van der Waals surface area contributed by atoms with Gasteiger partial charge in [0.15, 0.2) is 17.5 Å². The van der Waals surface area contributed by atoms with E-state index in [1.807, 2.05) is 0 Å². The minimum absolute atomic E-state index is 0.114. The first-order valence-electron chi connectivity index (χ1n) is 5.08. The van der Waals surface area contributed by atoms with Crippen LogP contribution in [0, 0.1) is 17.5 Å². The lowest BCUT2D eigenvalue weighted by Gasteiger charge is -2.09. The summed E-state index contributed by atoms with van der Waals surface area (Å²) in [4.78, 5) is 11.0. The summed E-state index contributed by atoms with van der Waals surface area (Å²) < 4.78 is 39.7. The average molecular weight is 287 g/mol. The molecule has 0 radical (unpaired) electrons. The zero-order valence-electron chi connectivity index (χ0n) is 9.25. The Morgan fingerprint density at radius 3 is 2.32 bits per heavy atom. The highest BCUT2D eigenvalue weighted by atomic mass is 35.5. The molecule has 0 fully saturated rings. The van der Waals surface area contributed by atoms with E-state index in [1.165, 1.54) is 18.2 Å². The molecule has 2 nitrogen and oxygen atoms in total. The summed E-state index contributed by atoms with van der Waals surface area (Å²) in [5.41, 5.74) is -0.732. The van der Waals surface area contributed by atoms with Crippen LogP contribution in [-0.4, -0.2) is 11.1 Å². The van der Waals surface area contributed by atoms with Crippen molar-refractivity contribution in [2.24, 2.45) is 0 Å². The molecule has 0 unspecified atom stereocenters. The fourth-order valence-electron chi connectivity index (χ4n) is 1.66. The Morgan fingerprint density at radius 2 is 1.68 bits per heavy atom. The van der Waals surface area contributed by atoms with Gasteiger partial charge in [-0.15, -0.1) is 0 Å². The Kier molecular flexibility index (Phi) is 3.48. The second-order valence-corrected chi connectivity index (χ2v) is 4.15. The van der Waals surface area contributed by atoms with Crippen LogP contribution < -0.4 is 0 Å². The fraction of sp³-hybridized carbons (Fsp3) is 0. The molecule has 0 aromatic heterocycles. The van der Waals surface area contributed by atoms with Gasteiger partial charge in [0.25, 0.3) is 0 Å². The quantitative estimate of drug-likeness (QED) is 0.843. The van der Waals surface area contributed by atoms with Gasteiger partial charge >= 0.3 is 5.97 Å². The molecule has 6 heteroatoms. The molecule has 0 amide bonds. The summed E-state index contributed by atoms with van der Waals surface area (Å²) in [5.74, 6) is -5.78. The molecule has 0 atom stereocenters. The molecule has 0 aliphatic rings. The highest BCUT2D eigenvalue weighted by Gasteiger charge is 2.19. The van der Waals surface area contributed by atoms with Gasteiger partial charge in [0.1, 0.15) is 0 Å². The van der Waals surface area contributed by atoms with E-state index in [4.69, 9.17) is 16.7 Å². The van der Waals surface area contributed by atoms with Gasteiger partial charge in [0.05, 0.1) is 5.56 Å². The number of carboxylic acids is 1. The van der Waals surface area contributed by atoms with E-state index in [0.717, 1.165) is 12.1 Å². The van der Waals surface area contributed by atoms with Gasteiger partial charge in [-0.05, 0) is 30.3 Å². The summed E-state index contributed by atoms with van der Waals surface area (Å²) in [6.45, 7) is 0. The Bertz CT molecular complexity index is 671. The molecule has 0 aliphatic heterocycles. The highest BCUT2D eigenvalue weighted by Crippen LogP contribution is 2.31. The second kappa shape index (κ2) is 4.93. The molecule has 2 aromatic carbocycles. The predicted molar refractivity (Wildman–Crippen MR) is 63.7 cm³/mol. The van der Waals surface area contributed by atoms with Crippen molar-refractivity contribution in [2.75, 3.05) is 0 Å². The van der Waals surface area contributed by atoms with Crippen molar-refractivity contribution >= 4 is 17.6 Å². The van der Waals surface area contributed by atoms with Crippen molar-refractivity contribution in [3.05, 3.63) is 58.4 Å². The van der Waals surface area contributed by atoms with E-state index in [-0.39, 0.29) is 21.7 Å². The fourth-order valence-corrected chi connectivity index (χ4v) is 1.83. The van der Waals surface area contributed by atoms with Crippen molar-refractivity contribution < 1.29 is 23.1 Å². The van der Waals surface area contributed by atoms with Crippen LogP contribution in [0.4, 0.5) is 13.2 Å². The lowest BCUT2D eigenvalue weighted by Crippen LogP contribution is -2.02. The van der Waals surface area contributed by atoms with Gasteiger partial charge in [-0.1, -0.05) is 11.6 Å². The summed E-state index contributed by atoms with van der Waals surface area (Å²) in [7, 11) is 0. The average Bonchev–Trinajstić information content (AvgIpc) is 2.35.